The van der Waals surface area contributed by atoms with Crippen LogP contribution in [-0.2, 0) is 90.3 Å². The van der Waals surface area contributed by atoms with E-state index in [0.29, 0.717) is 52.1 Å². The Balaban J connectivity index is 0.000000322. The lowest BCUT2D eigenvalue weighted by molar-refractivity contribution is -0.180. The number of ether oxygens (including phenoxy) is 13. The monoisotopic (exact) mass is 866 g/mol. The van der Waals surface area contributed by atoms with E-state index in [-0.39, 0.29) is 68.7 Å². The number of rotatable bonds is 20. The molecule has 0 aromatic heterocycles. The van der Waals surface area contributed by atoms with Gasteiger partial charge in [0.25, 0.3) is 0 Å². The van der Waals surface area contributed by atoms with Crippen LogP contribution in [0.5, 0.6) is 0 Å². The zero-order valence-electron chi connectivity index (χ0n) is 36.5. The van der Waals surface area contributed by atoms with Crippen molar-refractivity contribution in [1.29, 1.82) is 0 Å². The van der Waals surface area contributed by atoms with Crippen molar-refractivity contribution in [3.8, 4) is 0 Å². The first-order valence-corrected chi connectivity index (χ1v) is 20.2. The van der Waals surface area contributed by atoms with Crippen LogP contribution in [0, 0.1) is 0 Å². The number of hydrogen-bond donors (Lipinski definition) is 1. The third kappa shape index (κ3) is 22.0. The summed E-state index contributed by atoms with van der Waals surface area (Å²) in [5, 5.41) is 8.33. The van der Waals surface area contributed by atoms with E-state index in [1.807, 2.05) is 27.7 Å². The van der Waals surface area contributed by atoms with Crippen LogP contribution in [0.25, 0.3) is 0 Å². The molecule has 0 radical (unpaired) electrons. The van der Waals surface area contributed by atoms with Gasteiger partial charge in [0.2, 0.25) is 13.6 Å². The van der Waals surface area contributed by atoms with Crippen molar-refractivity contribution in [3.05, 3.63) is 0 Å². The van der Waals surface area contributed by atoms with Gasteiger partial charge in [0.1, 0.15) is 5.78 Å². The van der Waals surface area contributed by atoms with Gasteiger partial charge in [-0.15, -0.1) is 0 Å². The second kappa shape index (κ2) is 25.6. The minimum absolute atomic E-state index is 0.00764. The number of Topliss-reactive ketones (excluding diaryl/α,β-unsaturated/α-hetero) is 1. The zero-order valence-corrected chi connectivity index (χ0v) is 36.5. The summed E-state index contributed by atoms with van der Waals surface area (Å²) in [6.45, 7) is 16.8. The van der Waals surface area contributed by atoms with Crippen molar-refractivity contribution in [1.82, 2.24) is 0 Å². The number of ketones is 1. The van der Waals surface area contributed by atoms with Gasteiger partial charge in [-0.05, 0) is 62.3 Å². The minimum Gasteiger partial charge on any atom is -0.439 e. The van der Waals surface area contributed by atoms with Crippen molar-refractivity contribution < 1.29 is 95.5 Å². The van der Waals surface area contributed by atoms with E-state index in [2.05, 4.69) is 9.47 Å². The van der Waals surface area contributed by atoms with Crippen LogP contribution in [0.1, 0.15) is 127 Å². The number of hydrogen-bond acceptors (Lipinski definition) is 20. The van der Waals surface area contributed by atoms with Crippen molar-refractivity contribution in [2.24, 2.45) is 0 Å². The Morgan fingerprint density at radius 2 is 0.700 bits per heavy atom. The molecule has 0 aromatic rings. The highest BCUT2D eigenvalue weighted by Gasteiger charge is 2.38. The predicted octanol–water partition coefficient (Wildman–Crippen LogP) is 3.64. The van der Waals surface area contributed by atoms with Crippen molar-refractivity contribution >= 4 is 35.6 Å². The van der Waals surface area contributed by atoms with E-state index >= 15 is 0 Å². The standard InChI is InChI=1S/C17H28O8.C14H22O7.C9H16O5/c1-12-9-22-16(3,24-12)7-5-14(18)20-11-21-15(19)6-8-17(4)23-10-13(2)25-17;1-10(15)4-5-12(16)18-9-19-13(17)6-7-14(3)20-8-11(2)21-14;1-7-5-13-9(2,14-7)4-3-8(11)12-6-10/h12-13H,5-11H2,1-4H3;11H,4-9H2,1-3H3;7,10H,3-6H2,1-2H3. The maximum atomic E-state index is 11.7. The third-order valence-corrected chi connectivity index (χ3v) is 9.21. The zero-order chi connectivity index (χ0) is 45.0. The summed E-state index contributed by atoms with van der Waals surface area (Å²) in [6, 6.07) is 0. The molecule has 0 bridgehead atoms. The van der Waals surface area contributed by atoms with Gasteiger partial charge in [-0.25, -0.2) is 0 Å². The summed E-state index contributed by atoms with van der Waals surface area (Å²) in [5.41, 5.74) is 0. The second-order valence-electron chi connectivity index (χ2n) is 15.6. The molecule has 0 aromatic carbocycles. The molecule has 4 heterocycles. The molecule has 20 nitrogen and oxygen atoms in total. The Bertz CT molecular complexity index is 1350. The minimum atomic E-state index is -0.767. The molecule has 20 heteroatoms. The lowest BCUT2D eigenvalue weighted by atomic mass is 10.2. The average Bonchev–Trinajstić information content (AvgIpc) is 3.92. The molecule has 4 aliphatic rings. The molecule has 0 aliphatic carbocycles. The molecule has 4 aliphatic heterocycles. The van der Waals surface area contributed by atoms with Crippen LogP contribution in [0.4, 0.5) is 0 Å². The molecular weight excluding hydrogens is 800 g/mol. The first-order valence-electron chi connectivity index (χ1n) is 20.2. The van der Waals surface area contributed by atoms with Gasteiger partial charge in [-0.3, -0.25) is 24.0 Å². The predicted molar refractivity (Wildman–Crippen MR) is 204 cm³/mol. The van der Waals surface area contributed by atoms with Gasteiger partial charge in [0, 0.05) is 32.1 Å². The fraction of sp³-hybridized carbons (Fsp3) is 0.850. The maximum absolute atomic E-state index is 11.7. The summed E-state index contributed by atoms with van der Waals surface area (Å²) < 4.78 is 67.7. The van der Waals surface area contributed by atoms with E-state index in [4.69, 9.17) is 57.2 Å². The Morgan fingerprint density at radius 3 is 0.917 bits per heavy atom. The molecule has 60 heavy (non-hydrogen) atoms. The Hall–Kier alpha value is -3.34. The van der Waals surface area contributed by atoms with E-state index in [0.717, 1.165) is 0 Å². The van der Waals surface area contributed by atoms with Gasteiger partial charge in [-0.1, -0.05) is 0 Å². The van der Waals surface area contributed by atoms with Crippen LogP contribution in [-0.4, -0.2) is 135 Å². The summed E-state index contributed by atoms with van der Waals surface area (Å²) in [6.07, 6.45) is 2.33. The van der Waals surface area contributed by atoms with E-state index < -0.39 is 73.4 Å². The maximum Gasteiger partial charge on any atom is 0.309 e. The molecule has 0 amide bonds. The fourth-order valence-electron chi connectivity index (χ4n) is 6.02. The number of carbonyl (C=O) groups is 6. The summed E-state index contributed by atoms with van der Waals surface area (Å²) in [5.74, 6) is -5.52. The average molecular weight is 867 g/mol. The second-order valence-corrected chi connectivity index (χ2v) is 15.6. The molecule has 1 N–H and O–H groups in total. The quantitative estimate of drug-likeness (QED) is 0.104. The van der Waals surface area contributed by atoms with Crippen LogP contribution in [0.2, 0.25) is 0 Å². The first kappa shape index (κ1) is 52.8. The van der Waals surface area contributed by atoms with Crippen molar-refractivity contribution in [3.63, 3.8) is 0 Å². The summed E-state index contributed by atoms with van der Waals surface area (Å²) in [4.78, 5) is 67.7. The van der Waals surface area contributed by atoms with Crippen LogP contribution in [0.3, 0.4) is 0 Å². The van der Waals surface area contributed by atoms with Gasteiger partial charge in [0.05, 0.1) is 82.9 Å². The summed E-state index contributed by atoms with van der Waals surface area (Å²) in [7, 11) is 0. The highest BCUT2D eigenvalue weighted by molar-refractivity contribution is 5.81. The van der Waals surface area contributed by atoms with Crippen LogP contribution < -0.4 is 0 Å². The van der Waals surface area contributed by atoms with E-state index in [9.17, 15) is 28.8 Å². The van der Waals surface area contributed by atoms with E-state index in [1.165, 1.54) is 6.92 Å². The summed E-state index contributed by atoms with van der Waals surface area (Å²) >= 11 is 0. The molecule has 4 fully saturated rings. The Labute approximate surface area is 351 Å². The van der Waals surface area contributed by atoms with Crippen LogP contribution >= 0.6 is 0 Å². The topological polar surface area (TPSA) is 243 Å². The lowest BCUT2D eigenvalue weighted by Gasteiger charge is -2.22. The Morgan fingerprint density at radius 1 is 0.450 bits per heavy atom. The number of esters is 5. The van der Waals surface area contributed by atoms with Gasteiger partial charge in [-0.2, -0.15) is 0 Å². The highest BCUT2D eigenvalue weighted by atomic mass is 16.8. The third-order valence-electron chi connectivity index (χ3n) is 9.21. The molecule has 4 saturated heterocycles. The van der Waals surface area contributed by atoms with Crippen molar-refractivity contribution in [2.45, 2.75) is 174 Å². The number of carbonyl (C=O) groups excluding carboxylic acids is 6. The van der Waals surface area contributed by atoms with Gasteiger partial charge in [0.15, 0.2) is 29.9 Å². The molecular formula is C40H66O20. The normalized spacial score (nSPS) is 30.6. The van der Waals surface area contributed by atoms with Gasteiger partial charge >= 0.3 is 29.8 Å². The largest absolute Gasteiger partial charge is 0.439 e. The smallest absolute Gasteiger partial charge is 0.309 e. The molecule has 8 unspecified atom stereocenters. The van der Waals surface area contributed by atoms with Gasteiger partial charge < -0.3 is 71.5 Å². The highest BCUT2D eigenvalue weighted by Crippen LogP contribution is 2.30. The molecule has 0 spiro atoms. The number of aliphatic hydroxyl groups excluding tert-OH is 1. The van der Waals surface area contributed by atoms with E-state index in [1.54, 1.807) is 27.7 Å². The molecule has 4 rings (SSSR count). The molecule has 8 atom stereocenters. The molecule has 0 saturated carbocycles. The van der Waals surface area contributed by atoms with Crippen molar-refractivity contribution in [2.75, 3.05) is 46.8 Å². The molecule has 346 valence electrons. The lowest BCUT2D eigenvalue weighted by Crippen LogP contribution is -2.28. The first-order chi connectivity index (χ1) is 28.1. The fourth-order valence-corrected chi connectivity index (χ4v) is 6.02. The Kier molecular flexibility index (Phi) is 22.5. The number of aliphatic hydroxyl groups is 1. The SMILES string of the molecule is CC(=O)CCC(=O)OCOC(=O)CCC1(C)OCC(C)O1.CC1COC(C)(CCC(=O)OCO)O1.CC1COC(C)(CCC(=O)OCOC(=O)CCC2(C)OCC(C)O2)O1. The van der Waals surface area contributed by atoms with Crippen LogP contribution in [0.15, 0.2) is 0 Å².